The molecule has 0 aromatic rings. The number of aliphatic carboxylic acids is 1. The van der Waals surface area contributed by atoms with Crippen molar-refractivity contribution in [2.45, 2.75) is 12.5 Å². The van der Waals surface area contributed by atoms with Crippen molar-refractivity contribution in [1.82, 2.24) is 14.7 Å². The molecule has 1 heterocycles. The summed E-state index contributed by atoms with van der Waals surface area (Å²) in [6.07, 6.45) is 0.788. The van der Waals surface area contributed by atoms with Gasteiger partial charge in [0.1, 0.15) is 6.04 Å². The smallest absolute Gasteiger partial charge is 0.328 e. The van der Waals surface area contributed by atoms with Crippen LogP contribution in [0.5, 0.6) is 0 Å². The topological polar surface area (TPSA) is 64.1 Å². The molecule has 1 atom stereocenters. The first-order valence-electron chi connectivity index (χ1n) is 5.32. The molecule has 0 aromatic carbocycles. The van der Waals surface area contributed by atoms with Crippen LogP contribution in [0.2, 0.25) is 0 Å². The summed E-state index contributed by atoms with van der Waals surface area (Å²) in [5, 5.41) is 9.00. The van der Waals surface area contributed by atoms with Crippen LogP contribution in [0.25, 0.3) is 0 Å². The van der Waals surface area contributed by atoms with Gasteiger partial charge in [0.05, 0.1) is 6.54 Å². The van der Waals surface area contributed by atoms with Crippen molar-refractivity contribution in [1.29, 1.82) is 0 Å². The number of carboxylic acid groups (broad SMARTS) is 1. The third-order valence-electron chi connectivity index (χ3n) is 2.68. The molecule has 0 spiro atoms. The standard InChI is InChI=1S/C10H19N3O3/c1-11(2)5-4-6-13-8(9(14)15)7-12(3)10(13)16/h8H,4-7H2,1-3H3,(H,14,15). The number of urea groups is 1. The summed E-state index contributed by atoms with van der Waals surface area (Å²) in [6.45, 7) is 1.62. The van der Waals surface area contributed by atoms with Gasteiger partial charge in [0.15, 0.2) is 0 Å². The van der Waals surface area contributed by atoms with Crippen molar-refractivity contribution >= 4 is 12.0 Å². The fraction of sp³-hybridized carbons (Fsp3) is 0.800. The Balaban J connectivity index is 2.53. The van der Waals surface area contributed by atoms with E-state index >= 15 is 0 Å². The van der Waals surface area contributed by atoms with Gasteiger partial charge in [-0.15, -0.1) is 0 Å². The number of carbonyl (C=O) groups excluding carboxylic acids is 1. The second-order valence-electron chi connectivity index (χ2n) is 4.37. The lowest BCUT2D eigenvalue weighted by Gasteiger charge is -2.20. The first-order valence-corrected chi connectivity index (χ1v) is 5.32. The largest absolute Gasteiger partial charge is 0.480 e. The predicted octanol–water partition coefficient (Wildman–Crippen LogP) is -0.241. The minimum Gasteiger partial charge on any atom is -0.480 e. The second-order valence-corrected chi connectivity index (χ2v) is 4.37. The Kier molecular flexibility index (Phi) is 4.12. The fourth-order valence-corrected chi connectivity index (χ4v) is 1.81. The van der Waals surface area contributed by atoms with Crippen molar-refractivity contribution in [3.63, 3.8) is 0 Å². The molecule has 1 aliphatic heterocycles. The number of likely N-dealkylation sites (N-methyl/N-ethyl adjacent to an activating group) is 1. The Labute approximate surface area is 95.4 Å². The lowest BCUT2D eigenvalue weighted by atomic mass is 10.2. The normalized spacial score (nSPS) is 21.0. The SMILES string of the molecule is CN(C)CCCN1C(=O)N(C)CC1C(=O)O. The molecule has 6 nitrogen and oxygen atoms in total. The highest BCUT2D eigenvalue weighted by molar-refractivity contribution is 5.86. The zero-order valence-corrected chi connectivity index (χ0v) is 10.0. The van der Waals surface area contributed by atoms with Gasteiger partial charge < -0.3 is 19.8 Å². The van der Waals surface area contributed by atoms with Gasteiger partial charge in [0, 0.05) is 13.6 Å². The van der Waals surface area contributed by atoms with Gasteiger partial charge in [-0.25, -0.2) is 9.59 Å². The molecule has 0 saturated carbocycles. The summed E-state index contributed by atoms with van der Waals surface area (Å²) >= 11 is 0. The zero-order valence-electron chi connectivity index (χ0n) is 10.0. The van der Waals surface area contributed by atoms with E-state index in [1.807, 2.05) is 19.0 Å². The maximum atomic E-state index is 11.7. The molecule has 1 aliphatic rings. The molecule has 2 amide bonds. The maximum absolute atomic E-state index is 11.7. The van der Waals surface area contributed by atoms with E-state index < -0.39 is 12.0 Å². The third kappa shape index (κ3) is 2.85. The van der Waals surface area contributed by atoms with Gasteiger partial charge in [0.2, 0.25) is 0 Å². The Bertz CT molecular complexity index is 280. The number of amides is 2. The minimum absolute atomic E-state index is 0.189. The number of nitrogens with zero attached hydrogens (tertiary/aromatic N) is 3. The van der Waals surface area contributed by atoms with Gasteiger partial charge in [-0.3, -0.25) is 0 Å². The molecular weight excluding hydrogens is 210 g/mol. The molecule has 1 N–H and O–H groups in total. The van der Waals surface area contributed by atoms with Crippen molar-refractivity contribution < 1.29 is 14.7 Å². The van der Waals surface area contributed by atoms with Crippen molar-refractivity contribution in [3.8, 4) is 0 Å². The van der Waals surface area contributed by atoms with Crippen molar-refractivity contribution in [2.24, 2.45) is 0 Å². The van der Waals surface area contributed by atoms with Crippen LogP contribution in [-0.4, -0.2) is 78.6 Å². The summed E-state index contributed by atoms with van der Waals surface area (Å²) in [4.78, 5) is 27.5. The van der Waals surface area contributed by atoms with Crippen LogP contribution in [0, 0.1) is 0 Å². The monoisotopic (exact) mass is 229 g/mol. The van der Waals surface area contributed by atoms with Gasteiger partial charge in [-0.05, 0) is 27.1 Å². The number of hydrogen-bond donors (Lipinski definition) is 1. The number of carbonyl (C=O) groups is 2. The van der Waals surface area contributed by atoms with E-state index in [-0.39, 0.29) is 12.6 Å². The van der Waals surface area contributed by atoms with E-state index in [4.69, 9.17) is 5.11 Å². The average molecular weight is 229 g/mol. The Morgan fingerprint density at radius 3 is 2.69 bits per heavy atom. The third-order valence-corrected chi connectivity index (χ3v) is 2.68. The number of hydrogen-bond acceptors (Lipinski definition) is 3. The van der Waals surface area contributed by atoms with Gasteiger partial charge >= 0.3 is 12.0 Å². The molecule has 0 aromatic heterocycles. The molecule has 0 radical (unpaired) electrons. The number of rotatable bonds is 5. The lowest BCUT2D eigenvalue weighted by Crippen LogP contribution is -2.40. The van der Waals surface area contributed by atoms with Crippen LogP contribution in [0.15, 0.2) is 0 Å². The minimum atomic E-state index is -0.928. The van der Waals surface area contributed by atoms with E-state index in [0.29, 0.717) is 6.54 Å². The molecule has 1 fully saturated rings. The van der Waals surface area contributed by atoms with Gasteiger partial charge in [-0.1, -0.05) is 0 Å². The maximum Gasteiger partial charge on any atom is 0.328 e. The first-order chi connectivity index (χ1) is 7.43. The lowest BCUT2D eigenvalue weighted by molar-refractivity contribution is -0.141. The van der Waals surface area contributed by atoms with Crippen LogP contribution < -0.4 is 0 Å². The van der Waals surface area contributed by atoms with Crippen LogP contribution in [0.1, 0.15) is 6.42 Å². The molecule has 0 aliphatic carbocycles. The van der Waals surface area contributed by atoms with Gasteiger partial charge in [0.25, 0.3) is 0 Å². The molecule has 1 rings (SSSR count). The Hall–Kier alpha value is -1.30. The predicted molar refractivity (Wildman–Crippen MR) is 59.3 cm³/mol. The average Bonchev–Trinajstić information content (AvgIpc) is 2.45. The number of carboxylic acids is 1. The van der Waals surface area contributed by atoms with E-state index in [2.05, 4.69) is 0 Å². The van der Waals surface area contributed by atoms with Crippen LogP contribution in [-0.2, 0) is 4.79 Å². The second kappa shape index (κ2) is 5.16. The van der Waals surface area contributed by atoms with Gasteiger partial charge in [-0.2, -0.15) is 0 Å². The molecule has 0 bridgehead atoms. The van der Waals surface area contributed by atoms with E-state index in [1.54, 1.807) is 7.05 Å². The quantitative estimate of drug-likeness (QED) is 0.706. The fourth-order valence-electron chi connectivity index (χ4n) is 1.81. The van der Waals surface area contributed by atoms with Crippen LogP contribution in [0.3, 0.4) is 0 Å². The van der Waals surface area contributed by atoms with Crippen molar-refractivity contribution in [3.05, 3.63) is 0 Å². The summed E-state index contributed by atoms with van der Waals surface area (Å²) in [6, 6.07) is -0.884. The highest BCUT2D eigenvalue weighted by Crippen LogP contribution is 2.14. The molecule has 92 valence electrons. The van der Waals surface area contributed by atoms with Crippen LogP contribution >= 0.6 is 0 Å². The van der Waals surface area contributed by atoms with Crippen LogP contribution in [0.4, 0.5) is 4.79 Å². The molecular formula is C10H19N3O3. The highest BCUT2D eigenvalue weighted by atomic mass is 16.4. The summed E-state index contributed by atoms with van der Waals surface area (Å²) < 4.78 is 0. The molecule has 1 unspecified atom stereocenters. The molecule has 16 heavy (non-hydrogen) atoms. The summed E-state index contributed by atoms with van der Waals surface area (Å²) in [5.74, 6) is -0.928. The summed E-state index contributed by atoms with van der Waals surface area (Å²) in [7, 11) is 5.53. The first kappa shape index (κ1) is 12.8. The Morgan fingerprint density at radius 2 is 2.19 bits per heavy atom. The zero-order chi connectivity index (χ0) is 12.3. The van der Waals surface area contributed by atoms with E-state index in [9.17, 15) is 9.59 Å². The molecule has 6 heteroatoms. The van der Waals surface area contributed by atoms with E-state index in [1.165, 1.54) is 9.80 Å². The summed E-state index contributed by atoms with van der Waals surface area (Å²) in [5.41, 5.74) is 0. The van der Waals surface area contributed by atoms with E-state index in [0.717, 1.165) is 13.0 Å². The van der Waals surface area contributed by atoms with Crippen molar-refractivity contribution in [2.75, 3.05) is 40.8 Å². The molecule has 1 saturated heterocycles. The Morgan fingerprint density at radius 1 is 1.56 bits per heavy atom. The highest BCUT2D eigenvalue weighted by Gasteiger charge is 2.39.